The molecular weight excluding hydrogens is 401 g/mol. The molecule has 3 aromatic rings. The molecule has 2 aliphatic rings. The number of hydrogen-bond donors (Lipinski definition) is 1. The second kappa shape index (κ2) is 8.78. The van der Waals surface area contributed by atoms with Gasteiger partial charge in [-0.05, 0) is 78.1 Å². The van der Waals surface area contributed by atoms with E-state index in [0.717, 1.165) is 43.1 Å². The van der Waals surface area contributed by atoms with Gasteiger partial charge in [-0.2, -0.15) is 0 Å². The lowest BCUT2D eigenvalue weighted by molar-refractivity contribution is -0.111. The van der Waals surface area contributed by atoms with E-state index < -0.39 is 0 Å². The van der Waals surface area contributed by atoms with Gasteiger partial charge in [0.2, 0.25) is 0 Å². The van der Waals surface area contributed by atoms with E-state index in [1.54, 1.807) is 12.1 Å². The number of benzene rings is 3. The fraction of sp³-hybridized carbons (Fsp3) is 0.321. The fourth-order valence-electron chi connectivity index (χ4n) is 5.53. The normalized spacial score (nSPS) is 21.2. The molecule has 1 aliphatic heterocycles. The van der Waals surface area contributed by atoms with Crippen molar-refractivity contribution in [3.63, 3.8) is 0 Å². The number of hydrogen-bond acceptors (Lipinski definition) is 3. The van der Waals surface area contributed by atoms with Gasteiger partial charge in [-0.1, -0.05) is 42.5 Å². The Labute approximate surface area is 188 Å². The lowest BCUT2D eigenvalue weighted by atomic mass is 9.69. The zero-order chi connectivity index (χ0) is 22.1. The van der Waals surface area contributed by atoms with Gasteiger partial charge in [-0.15, -0.1) is 0 Å². The van der Waals surface area contributed by atoms with Crippen LogP contribution in [0.5, 0.6) is 5.75 Å². The Kier molecular flexibility index (Phi) is 5.69. The van der Waals surface area contributed by atoms with Crippen LogP contribution in [0.4, 0.5) is 10.1 Å². The molecule has 0 unspecified atom stereocenters. The maximum atomic E-state index is 15.4. The highest BCUT2D eigenvalue weighted by atomic mass is 19.1. The average Bonchev–Trinajstić information content (AvgIpc) is 2.84. The van der Waals surface area contributed by atoms with Gasteiger partial charge in [0.25, 0.3) is 0 Å². The van der Waals surface area contributed by atoms with Crippen molar-refractivity contribution in [2.45, 2.75) is 37.5 Å². The van der Waals surface area contributed by atoms with Gasteiger partial charge in [-0.3, -0.25) is 0 Å². The maximum absolute atomic E-state index is 15.4. The lowest BCUT2D eigenvalue weighted by Crippen LogP contribution is -2.34. The minimum absolute atomic E-state index is 0.0334. The van der Waals surface area contributed by atoms with Crippen molar-refractivity contribution in [1.29, 1.82) is 0 Å². The maximum Gasteiger partial charge on any atom is 0.146 e. The van der Waals surface area contributed by atoms with Crippen LogP contribution >= 0.6 is 0 Å². The fourth-order valence-corrected chi connectivity index (χ4v) is 5.53. The number of aldehydes is 1. The van der Waals surface area contributed by atoms with Crippen LogP contribution in [0, 0.1) is 11.7 Å². The molecule has 3 aromatic carbocycles. The Morgan fingerprint density at radius 2 is 1.69 bits per heavy atom. The zero-order valence-electron chi connectivity index (χ0n) is 18.1. The molecule has 5 rings (SSSR count). The number of fused-ring (bicyclic) bond motifs is 1. The smallest absolute Gasteiger partial charge is 0.146 e. The molecule has 32 heavy (non-hydrogen) atoms. The number of phenols is 1. The third-order valence-corrected chi connectivity index (χ3v) is 7.22. The number of piperidine rings is 1. The van der Waals surface area contributed by atoms with Crippen molar-refractivity contribution in [1.82, 2.24) is 0 Å². The van der Waals surface area contributed by atoms with Gasteiger partial charge in [0.15, 0.2) is 0 Å². The monoisotopic (exact) mass is 429 g/mol. The molecule has 0 spiro atoms. The van der Waals surface area contributed by atoms with Gasteiger partial charge in [0.1, 0.15) is 17.9 Å². The first kappa shape index (κ1) is 20.7. The third-order valence-electron chi connectivity index (χ3n) is 7.22. The summed E-state index contributed by atoms with van der Waals surface area (Å²) in [6.07, 6.45) is 4.43. The Morgan fingerprint density at radius 3 is 2.41 bits per heavy atom. The highest BCUT2D eigenvalue weighted by molar-refractivity contribution is 5.57. The Bertz CT molecular complexity index is 1110. The Balaban J connectivity index is 1.52. The van der Waals surface area contributed by atoms with Crippen molar-refractivity contribution in [2.75, 3.05) is 18.0 Å². The van der Waals surface area contributed by atoms with Gasteiger partial charge in [0, 0.05) is 24.9 Å². The summed E-state index contributed by atoms with van der Waals surface area (Å²) in [6, 6.07) is 21.7. The molecule has 1 N–H and O–H groups in total. The second-order valence-corrected chi connectivity index (χ2v) is 9.09. The van der Waals surface area contributed by atoms with Crippen LogP contribution in [0.3, 0.4) is 0 Å². The van der Waals surface area contributed by atoms with E-state index in [1.807, 2.05) is 24.3 Å². The van der Waals surface area contributed by atoms with Crippen LogP contribution < -0.4 is 4.90 Å². The molecule has 0 radical (unpaired) electrons. The Morgan fingerprint density at radius 1 is 0.906 bits per heavy atom. The molecule has 0 saturated carbocycles. The van der Waals surface area contributed by atoms with E-state index in [0.29, 0.717) is 18.8 Å². The van der Waals surface area contributed by atoms with Crippen molar-refractivity contribution in [3.05, 3.63) is 94.8 Å². The largest absolute Gasteiger partial charge is 0.508 e. The standard InChI is InChI=1S/C28H28FNO2/c29-26-17-22(7-11-27(26)30-14-12-19(18-31)13-15-30)28-24(20-4-2-1-3-5-20)9-6-21-16-23(32)8-10-25(21)28/h1-5,7-8,10-11,16-19,24,28,32H,6,9,12-15H2/t24-,28+/m1/s1. The van der Waals surface area contributed by atoms with Crippen LogP contribution in [0.25, 0.3) is 0 Å². The van der Waals surface area contributed by atoms with Gasteiger partial charge in [0.05, 0.1) is 5.69 Å². The van der Waals surface area contributed by atoms with Crippen molar-refractivity contribution in [2.24, 2.45) is 5.92 Å². The van der Waals surface area contributed by atoms with Crippen LogP contribution in [0.2, 0.25) is 0 Å². The number of rotatable bonds is 4. The summed E-state index contributed by atoms with van der Waals surface area (Å²) in [5.74, 6) is 0.453. The van der Waals surface area contributed by atoms with Crippen molar-refractivity contribution in [3.8, 4) is 5.75 Å². The number of aromatic hydroxyl groups is 1. The summed E-state index contributed by atoms with van der Waals surface area (Å²) < 4.78 is 15.4. The molecule has 0 bridgehead atoms. The predicted molar refractivity (Wildman–Crippen MR) is 125 cm³/mol. The third kappa shape index (κ3) is 3.90. The van der Waals surface area contributed by atoms with Crippen LogP contribution in [-0.2, 0) is 11.2 Å². The molecule has 1 fully saturated rings. The van der Waals surface area contributed by atoms with Crippen molar-refractivity contribution >= 4 is 12.0 Å². The number of aryl methyl sites for hydroxylation is 1. The number of phenolic OH excluding ortho intramolecular Hbond substituents is 1. The van der Waals surface area contributed by atoms with Crippen LogP contribution in [-0.4, -0.2) is 24.5 Å². The predicted octanol–water partition coefficient (Wildman–Crippen LogP) is 5.81. The SMILES string of the molecule is O=CC1CCN(c2ccc([C@@H]3c4ccc(O)cc4CC[C@@H]3c3ccccc3)cc2F)CC1. The van der Waals surface area contributed by atoms with E-state index in [2.05, 4.69) is 35.2 Å². The van der Waals surface area contributed by atoms with E-state index in [4.69, 9.17) is 0 Å². The average molecular weight is 430 g/mol. The van der Waals surface area contributed by atoms with Gasteiger partial charge in [-0.25, -0.2) is 4.39 Å². The first-order valence-corrected chi connectivity index (χ1v) is 11.5. The zero-order valence-corrected chi connectivity index (χ0v) is 18.1. The first-order valence-electron chi connectivity index (χ1n) is 11.5. The molecule has 3 nitrogen and oxygen atoms in total. The molecule has 0 aromatic heterocycles. The van der Waals surface area contributed by atoms with E-state index in [9.17, 15) is 9.90 Å². The van der Waals surface area contributed by atoms with Crippen LogP contribution in [0.15, 0.2) is 66.7 Å². The van der Waals surface area contributed by atoms with E-state index >= 15 is 4.39 Å². The summed E-state index contributed by atoms with van der Waals surface area (Å²) in [7, 11) is 0. The molecule has 1 aliphatic carbocycles. The summed E-state index contributed by atoms with van der Waals surface area (Å²) >= 11 is 0. The summed E-state index contributed by atoms with van der Waals surface area (Å²) in [5, 5.41) is 10.0. The molecule has 1 saturated heterocycles. The highest BCUT2D eigenvalue weighted by Gasteiger charge is 2.33. The molecular formula is C28H28FNO2. The van der Waals surface area contributed by atoms with Crippen molar-refractivity contribution < 1.29 is 14.3 Å². The minimum Gasteiger partial charge on any atom is -0.508 e. The number of carbonyl (C=O) groups is 1. The quantitative estimate of drug-likeness (QED) is 0.532. The van der Waals surface area contributed by atoms with Crippen LogP contribution in [0.1, 0.15) is 53.4 Å². The summed E-state index contributed by atoms with van der Waals surface area (Å²) in [4.78, 5) is 13.1. The van der Waals surface area contributed by atoms with Gasteiger partial charge < -0.3 is 14.8 Å². The summed E-state index contributed by atoms with van der Waals surface area (Å²) in [6.45, 7) is 1.41. The Hall–Kier alpha value is -3.14. The second-order valence-electron chi connectivity index (χ2n) is 9.09. The molecule has 0 amide bonds. The van der Waals surface area contributed by atoms with Gasteiger partial charge >= 0.3 is 0 Å². The number of nitrogens with zero attached hydrogens (tertiary/aromatic N) is 1. The number of halogens is 1. The lowest BCUT2D eigenvalue weighted by Gasteiger charge is -2.35. The molecule has 2 atom stereocenters. The molecule has 164 valence electrons. The first-order chi connectivity index (χ1) is 15.6. The molecule has 1 heterocycles. The highest BCUT2D eigenvalue weighted by Crippen LogP contribution is 2.47. The minimum atomic E-state index is -0.204. The number of anilines is 1. The van der Waals surface area contributed by atoms with E-state index in [1.165, 1.54) is 11.1 Å². The molecule has 4 heteroatoms. The summed E-state index contributed by atoms with van der Waals surface area (Å²) in [5.41, 5.74) is 5.16. The number of carbonyl (C=O) groups excluding carboxylic acids is 1. The van der Waals surface area contributed by atoms with E-state index in [-0.39, 0.29) is 29.3 Å². The topological polar surface area (TPSA) is 40.5 Å².